The molecule has 1 atom stereocenters. The summed E-state index contributed by atoms with van der Waals surface area (Å²) in [6.45, 7) is 4.14. The highest BCUT2D eigenvalue weighted by molar-refractivity contribution is 7.12. The van der Waals surface area contributed by atoms with Gasteiger partial charge in [0.25, 0.3) is 17.7 Å². The number of aliphatic carboxylic acids is 1. The van der Waals surface area contributed by atoms with Crippen LogP contribution in [0.3, 0.4) is 0 Å². The topological polar surface area (TPSA) is 132 Å². The average Bonchev–Trinajstić information content (AvgIpc) is 3.46. The quantitative estimate of drug-likeness (QED) is 0.243. The van der Waals surface area contributed by atoms with Gasteiger partial charge in [0.15, 0.2) is 0 Å². The molecule has 11 heteroatoms. The van der Waals surface area contributed by atoms with E-state index in [2.05, 4.69) is 20.5 Å². The van der Waals surface area contributed by atoms with E-state index < -0.39 is 17.9 Å². The van der Waals surface area contributed by atoms with Crippen molar-refractivity contribution in [2.75, 3.05) is 36.4 Å². The van der Waals surface area contributed by atoms with Crippen molar-refractivity contribution in [1.82, 2.24) is 15.2 Å². The first-order chi connectivity index (χ1) is 21.3. The molecule has 1 fully saturated rings. The fourth-order valence-corrected chi connectivity index (χ4v) is 5.76. The smallest absolute Gasteiger partial charge is 0.305 e. The van der Waals surface area contributed by atoms with Gasteiger partial charge in [0.05, 0.1) is 34.3 Å². The van der Waals surface area contributed by atoms with Gasteiger partial charge in [-0.3, -0.25) is 24.2 Å². The number of carboxylic acids is 1. The Balaban J connectivity index is 1.39. The van der Waals surface area contributed by atoms with Crippen molar-refractivity contribution in [2.24, 2.45) is 0 Å². The third-order valence-corrected chi connectivity index (χ3v) is 8.32. The molecule has 0 radical (unpaired) electrons. The van der Waals surface area contributed by atoms with Gasteiger partial charge in [-0.1, -0.05) is 35.9 Å². The molecule has 3 amide bonds. The largest absolute Gasteiger partial charge is 0.481 e. The third-order valence-electron chi connectivity index (χ3n) is 7.45. The van der Waals surface area contributed by atoms with E-state index in [9.17, 15) is 24.3 Å². The lowest BCUT2D eigenvalue weighted by molar-refractivity contribution is -0.137. The van der Waals surface area contributed by atoms with Gasteiger partial charge in [0.1, 0.15) is 0 Å². The number of carboxylic acid groups (broad SMARTS) is 1. The Morgan fingerprint density at radius 3 is 2.45 bits per heavy atom. The number of carbonyl (C=O) groups excluding carboxylic acids is 3. The van der Waals surface area contributed by atoms with Crippen LogP contribution in [0.25, 0.3) is 0 Å². The fourth-order valence-electron chi connectivity index (χ4n) is 5.15. The number of amides is 3. The molecule has 3 N–H and O–H groups in total. The number of aryl methyl sites for hydroxylation is 1. The molecule has 5 rings (SSSR count). The lowest BCUT2D eigenvalue weighted by Gasteiger charge is -2.26. The van der Waals surface area contributed by atoms with Crippen LogP contribution in [0.5, 0.6) is 0 Å². The highest BCUT2D eigenvalue weighted by Crippen LogP contribution is 2.30. The van der Waals surface area contributed by atoms with Crippen LogP contribution in [0.15, 0.2) is 84.5 Å². The molecule has 0 aliphatic carbocycles. The summed E-state index contributed by atoms with van der Waals surface area (Å²) < 4.78 is 0. The Morgan fingerprint density at radius 2 is 1.75 bits per heavy atom. The van der Waals surface area contributed by atoms with E-state index in [0.717, 1.165) is 11.3 Å². The Bertz CT molecular complexity index is 1630. The zero-order valence-corrected chi connectivity index (χ0v) is 25.0. The molecule has 0 saturated carbocycles. The predicted octanol–water partition coefficient (Wildman–Crippen LogP) is 5.00. The standard InChI is InChI=1S/C33H33N5O5S/c1-22-7-9-23(10-8-22)26(20-30(39)40)35-31(41)24-11-12-28(27(19-24)36-32(42)29-6-3-18-44-29)37-14-4-15-38(17-16-37)33(43)25-5-2-13-34-21-25/h2-3,5-13,18-19,21,26H,4,14-17,20H2,1H3,(H,35,41)(H,36,42)(H,39,40). The van der Waals surface area contributed by atoms with E-state index >= 15 is 0 Å². The van der Waals surface area contributed by atoms with Gasteiger partial charge in [-0.05, 0) is 60.7 Å². The molecule has 1 unspecified atom stereocenters. The van der Waals surface area contributed by atoms with Gasteiger partial charge in [0, 0.05) is 44.1 Å². The number of hydrogen-bond donors (Lipinski definition) is 3. The second-order valence-corrected chi connectivity index (χ2v) is 11.5. The predicted molar refractivity (Wildman–Crippen MR) is 169 cm³/mol. The molecule has 10 nitrogen and oxygen atoms in total. The van der Waals surface area contributed by atoms with Crippen molar-refractivity contribution in [3.05, 3.63) is 112 Å². The zero-order valence-electron chi connectivity index (χ0n) is 24.2. The summed E-state index contributed by atoms with van der Waals surface area (Å²) in [4.78, 5) is 59.8. The average molecular weight is 612 g/mol. The molecule has 1 aliphatic heterocycles. The van der Waals surface area contributed by atoms with Gasteiger partial charge in [-0.25, -0.2) is 0 Å². The summed E-state index contributed by atoms with van der Waals surface area (Å²) in [7, 11) is 0. The van der Waals surface area contributed by atoms with Crippen LogP contribution in [0.1, 0.15) is 60.4 Å². The van der Waals surface area contributed by atoms with E-state index in [0.29, 0.717) is 54.3 Å². The summed E-state index contributed by atoms with van der Waals surface area (Å²) in [5.41, 5.74) is 3.70. The van der Waals surface area contributed by atoms with Crippen molar-refractivity contribution in [2.45, 2.75) is 25.8 Å². The minimum atomic E-state index is -1.03. The second-order valence-electron chi connectivity index (χ2n) is 10.6. The number of hydrogen-bond acceptors (Lipinski definition) is 7. The molecule has 2 aromatic heterocycles. The monoisotopic (exact) mass is 611 g/mol. The molecule has 226 valence electrons. The molecule has 3 heterocycles. The SMILES string of the molecule is Cc1ccc(C(CC(=O)O)NC(=O)c2ccc(N3CCCN(C(=O)c4cccnc4)CC3)c(NC(=O)c3cccs3)c2)cc1. The van der Waals surface area contributed by atoms with Crippen molar-refractivity contribution in [3.8, 4) is 0 Å². The number of benzene rings is 2. The van der Waals surface area contributed by atoms with Crippen molar-refractivity contribution in [3.63, 3.8) is 0 Å². The van der Waals surface area contributed by atoms with E-state index in [4.69, 9.17) is 0 Å². The number of thiophene rings is 1. The third kappa shape index (κ3) is 7.48. The first kappa shape index (κ1) is 30.4. The second kappa shape index (κ2) is 14.0. The van der Waals surface area contributed by atoms with Crippen LogP contribution >= 0.6 is 11.3 Å². The summed E-state index contributed by atoms with van der Waals surface area (Å²) in [5, 5.41) is 17.2. The van der Waals surface area contributed by atoms with E-state index in [-0.39, 0.29) is 23.8 Å². The van der Waals surface area contributed by atoms with Crippen LogP contribution in [-0.2, 0) is 4.79 Å². The van der Waals surface area contributed by atoms with Gasteiger partial charge in [0.2, 0.25) is 0 Å². The van der Waals surface area contributed by atoms with Crippen LogP contribution in [-0.4, -0.2) is 64.9 Å². The molecule has 0 bridgehead atoms. The Labute approximate surface area is 259 Å². The number of carbonyl (C=O) groups is 4. The first-order valence-corrected chi connectivity index (χ1v) is 15.2. The molecule has 2 aromatic carbocycles. The van der Waals surface area contributed by atoms with Crippen LogP contribution < -0.4 is 15.5 Å². The molecule has 1 saturated heterocycles. The molecule has 1 aliphatic rings. The normalized spacial score (nSPS) is 13.9. The molecular formula is C33H33N5O5S. The van der Waals surface area contributed by atoms with Gasteiger partial charge >= 0.3 is 5.97 Å². The number of anilines is 2. The summed E-state index contributed by atoms with van der Waals surface area (Å²) in [5.74, 6) is -1.88. The highest BCUT2D eigenvalue weighted by atomic mass is 32.1. The maximum Gasteiger partial charge on any atom is 0.305 e. The van der Waals surface area contributed by atoms with Crippen LogP contribution in [0.4, 0.5) is 11.4 Å². The minimum Gasteiger partial charge on any atom is -0.481 e. The maximum atomic E-state index is 13.5. The molecule has 44 heavy (non-hydrogen) atoms. The van der Waals surface area contributed by atoms with Crippen LogP contribution in [0, 0.1) is 6.92 Å². The Morgan fingerprint density at radius 1 is 0.932 bits per heavy atom. The Hall–Kier alpha value is -5.03. The van der Waals surface area contributed by atoms with Gasteiger partial charge in [-0.2, -0.15) is 0 Å². The minimum absolute atomic E-state index is 0.0808. The highest BCUT2D eigenvalue weighted by Gasteiger charge is 2.24. The molecule has 0 spiro atoms. The first-order valence-electron chi connectivity index (χ1n) is 14.3. The number of aromatic nitrogens is 1. The zero-order chi connectivity index (χ0) is 31.1. The summed E-state index contributed by atoms with van der Waals surface area (Å²) >= 11 is 1.31. The maximum absolute atomic E-state index is 13.5. The summed E-state index contributed by atoms with van der Waals surface area (Å²) in [6, 6.07) is 18.7. The number of pyridine rings is 1. The fraction of sp³-hybridized carbons (Fsp3) is 0.242. The number of nitrogens with zero attached hydrogens (tertiary/aromatic N) is 3. The van der Waals surface area contributed by atoms with Crippen molar-refractivity contribution < 1.29 is 24.3 Å². The van der Waals surface area contributed by atoms with Crippen molar-refractivity contribution >= 4 is 46.4 Å². The van der Waals surface area contributed by atoms with Gasteiger partial charge < -0.3 is 25.5 Å². The van der Waals surface area contributed by atoms with E-state index in [1.165, 1.54) is 11.3 Å². The van der Waals surface area contributed by atoms with Crippen LogP contribution in [0.2, 0.25) is 0 Å². The number of rotatable bonds is 9. The number of nitrogens with one attached hydrogen (secondary N) is 2. The van der Waals surface area contributed by atoms with E-state index in [1.807, 2.05) is 24.4 Å². The molecular weight excluding hydrogens is 578 g/mol. The summed E-state index contributed by atoms with van der Waals surface area (Å²) in [6.07, 6.45) is 3.62. The lowest BCUT2D eigenvalue weighted by Crippen LogP contribution is -2.35. The Kier molecular flexibility index (Phi) is 9.65. The van der Waals surface area contributed by atoms with Gasteiger partial charge in [-0.15, -0.1) is 11.3 Å². The van der Waals surface area contributed by atoms with Crippen molar-refractivity contribution in [1.29, 1.82) is 0 Å². The lowest BCUT2D eigenvalue weighted by atomic mass is 10.0. The molecule has 4 aromatic rings. The van der Waals surface area contributed by atoms with E-state index in [1.54, 1.807) is 71.9 Å².